The monoisotopic (exact) mass is 562 g/mol. The van der Waals surface area contributed by atoms with Crippen molar-refractivity contribution in [1.29, 1.82) is 0 Å². The van der Waals surface area contributed by atoms with Gasteiger partial charge in [0, 0.05) is 11.8 Å². The fourth-order valence-electron chi connectivity index (χ4n) is 3.53. The Balaban J connectivity index is 2.40. The number of aryl methyl sites for hydroxylation is 1. The van der Waals surface area contributed by atoms with Crippen LogP contribution in [0, 0.1) is 19.7 Å². The molecule has 3 aromatic rings. The summed E-state index contributed by atoms with van der Waals surface area (Å²) in [5, 5.41) is 0. The standard InChI is InChI=1S/C23H17F7N4O5/c1-8-7-33-11(20(31)35)6-10(8)16-18(14(21(32)36)9(2)19(34-16)22(25,26)27)38-13-5-4-12(39-23(28,29)30)15(24)17(13)37-3/h4-7H,1-3H3,(H2,31,35)(H2,32,36). The third-order valence-electron chi connectivity index (χ3n) is 5.19. The first-order valence-electron chi connectivity index (χ1n) is 10.4. The number of pyridine rings is 2. The number of alkyl halides is 6. The van der Waals surface area contributed by atoms with Gasteiger partial charge in [0.05, 0.1) is 12.7 Å². The van der Waals surface area contributed by atoms with Crippen molar-refractivity contribution < 1.29 is 54.5 Å². The number of hydrogen-bond donors (Lipinski definition) is 2. The molecule has 2 heterocycles. The summed E-state index contributed by atoms with van der Waals surface area (Å²) in [5.41, 5.74) is 6.30. The minimum atomic E-state index is -5.27. The third kappa shape index (κ3) is 5.94. The second-order valence-electron chi connectivity index (χ2n) is 7.81. The minimum Gasteiger partial charge on any atom is -0.490 e. The summed E-state index contributed by atoms with van der Waals surface area (Å²) in [5.74, 6) is -7.85. The SMILES string of the molecule is COc1c(Oc2c(-c3cc(C(N)=O)ncc3C)nc(C(F)(F)F)c(C)c2C(N)=O)ccc(OC(F)(F)F)c1F. The van der Waals surface area contributed by atoms with Gasteiger partial charge in [-0.25, -0.2) is 4.98 Å². The Hall–Kier alpha value is -4.63. The zero-order chi connectivity index (χ0) is 29.4. The molecule has 0 spiro atoms. The molecule has 39 heavy (non-hydrogen) atoms. The number of hydrogen-bond acceptors (Lipinski definition) is 7. The Labute approximate surface area is 214 Å². The van der Waals surface area contributed by atoms with Gasteiger partial charge in [-0.1, -0.05) is 0 Å². The predicted octanol–water partition coefficient (Wildman–Crippen LogP) is 4.82. The Morgan fingerprint density at radius 3 is 2.08 bits per heavy atom. The number of benzene rings is 1. The number of amides is 2. The lowest BCUT2D eigenvalue weighted by molar-refractivity contribution is -0.275. The van der Waals surface area contributed by atoms with E-state index in [4.69, 9.17) is 20.9 Å². The van der Waals surface area contributed by atoms with Crippen molar-refractivity contribution in [3.05, 3.63) is 58.3 Å². The van der Waals surface area contributed by atoms with Gasteiger partial charge in [0.1, 0.15) is 17.1 Å². The molecule has 9 nitrogen and oxygen atoms in total. The quantitative estimate of drug-likeness (QED) is 0.394. The maximum Gasteiger partial charge on any atom is 0.573 e. The van der Waals surface area contributed by atoms with Crippen LogP contribution in [0.25, 0.3) is 11.3 Å². The first-order chi connectivity index (χ1) is 18.0. The normalized spacial score (nSPS) is 11.7. The van der Waals surface area contributed by atoms with Gasteiger partial charge >= 0.3 is 12.5 Å². The minimum absolute atomic E-state index is 0.136. The molecule has 0 aliphatic rings. The number of carbonyl (C=O) groups is 2. The van der Waals surface area contributed by atoms with Crippen molar-refractivity contribution in [3.63, 3.8) is 0 Å². The summed E-state index contributed by atoms with van der Waals surface area (Å²) in [4.78, 5) is 31.5. The van der Waals surface area contributed by atoms with E-state index >= 15 is 0 Å². The topological polar surface area (TPSA) is 140 Å². The van der Waals surface area contributed by atoms with Crippen LogP contribution in [0.1, 0.15) is 37.7 Å². The van der Waals surface area contributed by atoms with E-state index < -0.39 is 81.4 Å². The largest absolute Gasteiger partial charge is 0.573 e. The van der Waals surface area contributed by atoms with Gasteiger partial charge < -0.3 is 25.7 Å². The van der Waals surface area contributed by atoms with Crippen LogP contribution in [0.2, 0.25) is 0 Å². The van der Waals surface area contributed by atoms with Gasteiger partial charge in [0.25, 0.3) is 11.8 Å². The van der Waals surface area contributed by atoms with E-state index in [1.165, 1.54) is 6.92 Å². The smallest absolute Gasteiger partial charge is 0.490 e. The highest BCUT2D eigenvalue weighted by Crippen LogP contribution is 2.46. The first-order valence-corrected chi connectivity index (χ1v) is 10.4. The molecule has 1 aromatic carbocycles. The van der Waals surface area contributed by atoms with Gasteiger partial charge in [-0.05, 0) is 43.2 Å². The third-order valence-corrected chi connectivity index (χ3v) is 5.19. The highest BCUT2D eigenvalue weighted by atomic mass is 19.4. The molecule has 0 aliphatic carbocycles. The molecule has 0 saturated heterocycles. The van der Waals surface area contributed by atoms with Crippen molar-refractivity contribution in [2.75, 3.05) is 7.11 Å². The highest BCUT2D eigenvalue weighted by Gasteiger charge is 2.39. The van der Waals surface area contributed by atoms with E-state index in [2.05, 4.69) is 14.7 Å². The van der Waals surface area contributed by atoms with Crippen LogP contribution in [0.4, 0.5) is 30.7 Å². The Morgan fingerprint density at radius 1 is 0.949 bits per heavy atom. The molecule has 0 aliphatic heterocycles. The van der Waals surface area contributed by atoms with E-state index in [1.807, 2.05) is 0 Å². The van der Waals surface area contributed by atoms with E-state index in [1.54, 1.807) is 0 Å². The zero-order valence-corrected chi connectivity index (χ0v) is 20.0. The molecule has 2 amide bonds. The summed E-state index contributed by atoms with van der Waals surface area (Å²) in [6.45, 7) is 2.25. The molecule has 0 bridgehead atoms. The summed E-state index contributed by atoms with van der Waals surface area (Å²) in [6.07, 6.45) is -9.29. The molecule has 0 fully saturated rings. The van der Waals surface area contributed by atoms with Crippen LogP contribution in [-0.2, 0) is 6.18 Å². The number of primary amides is 2. The summed E-state index contributed by atoms with van der Waals surface area (Å²) in [7, 11) is 0.862. The van der Waals surface area contributed by atoms with E-state index in [0.717, 1.165) is 32.4 Å². The summed E-state index contributed by atoms with van der Waals surface area (Å²) in [6, 6.07) is 2.24. The molecule has 3 rings (SSSR count). The van der Waals surface area contributed by atoms with Crippen molar-refractivity contribution in [1.82, 2.24) is 9.97 Å². The van der Waals surface area contributed by atoms with Crippen LogP contribution in [0.3, 0.4) is 0 Å². The highest BCUT2D eigenvalue weighted by molar-refractivity contribution is 6.00. The number of rotatable bonds is 7. The fourth-order valence-corrected chi connectivity index (χ4v) is 3.53. The maximum atomic E-state index is 14.8. The molecule has 0 unspecified atom stereocenters. The van der Waals surface area contributed by atoms with Crippen LogP contribution < -0.4 is 25.7 Å². The predicted molar refractivity (Wildman–Crippen MR) is 119 cm³/mol. The molecule has 4 N–H and O–H groups in total. The molecule has 16 heteroatoms. The fraction of sp³-hybridized carbons (Fsp3) is 0.217. The summed E-state index contributed by atoms with van der Waals surface area (Å²) < 4.78 is 108. The molecule has 0 atom stereocenters. The van der Waals surface area contributed by atoms with Crippen LogP contribution in [0.5, 0.6) is 23.0 Å². The van der Waals surface area contributed by atoms with Gasteiger partial charge in [0.15, 0.2) is 17.2 Å². The molecule has 0 saturated carbocycles. The van der Waals surface area contributed by atoms with E-state index in [0.29, 0.717) is 6.07 Å². The van der Waals surface area contributed by atoms with Crippen LogP contribution in [-0.4, -0.2) is 35.3 Å². The number of aromatic nitrogens is 2. The van der Waals surface area contributed by atoms with Gasteiger partial charge in [-0.2, -0.15) is 17.6 Å². The van der Waals surface area contributed by atoms with Crippen molar-refractivity contribution >= 4 is 11.8 Å². The Kier molecular flexibility index (Phi) is 7.61. The molecular weight excluding hydrogens is 545 g/mol. The van der Waals surface area contributed by atoms with E-state index in [-0.39, 0.29) is 11.1 Å². The molecule has 2 aromatic heterocycles. The zero-order valence-electron chi connectivity index (χ0n) is 20.0. The number of nitrogens with zero attached hydrogens (tertiary/aromatic N) is 2. The molecule has 0 radical (unpaired) electrons. The molecular formula is C23H17F7N4O5. The lowest BCUT2D eigenvalue weighted by Gasteiger charge is -2.21. The number of nitrogens with two attached hydrogens (primary N) is 2. The van der Waals surface area contributed by atoms with E-state index in [9.17, 15) is 40.3 Å². The Bertz CT molecular complexity index is 1470. The van der Waals surface area contributed by atoms with Gasteiger partial charge in [0.2, 0.25) is 11.6 Å². The lowest BCUT2D eigenvalue weighted by atomic mass is 9.98. The van der Waals surface area contributed by atoms with Gasteiger partial charge in [-0.3, -0.25) is 14.6 Å². The number of ether oxygens (including phenoxy) is 3. The van der Waals surface area contributed by atoms with Crippen molar-refractivity contribution in [3.8, 4) is 34.3 Å². The van der Waals surface area contributed by atoms with Crippen molar-refractivity contribution in [2.24, 2.45) is 11.5 Å². The van der Waals surface area contributed by atoms with Crippen LogP contribution in [0.15, 0.2) is 24.4 Å². The average Bonchev–Trinajstić information content (AvgIpc) is 2.79. The number of halogens is 7. The second-order valence-corrected chi connectivity index (χ2v) is 7.81. The first kappa shape index (κ1) is 28.9. The van der Waals surface area contributed by atoms with Gasteiger partial charge in [-0.15, -0.1) is 13.2 Å². The second kappa shape index (κ2) is 10.3. The molecule has 208 valence electrons. The summed E-state index contributed by atoms with van der Waals surface area (Å²) >= 11 is 0. The Morgan fingerprint density at radius 2 is 1.56 bits per heavy atom. The number of methoxy groups -OCH3 is 1. The van der Waals surface area contributed by atoms with Crippen LogP contribution >= 0.6 is 0 Å². The maximum absolute atomic E-state index is 14.8. The van der Waals surface area contributed by atoms with Crippen molar-refractivity contribution in [2.45, 2.75) is 26.4 Å². The number of carbonyl (C=O) groups excluding carboxylic acids is 2. The average molecular weight is 562 g/mol. The lowest BCUT2D eigenvalue weighted by Crippen LogP contribution is -2.21.